The molecule has 1 saturated carbocycles. The lowest BCUT2D eigenvalue weighted by Crippen LogP contribution is -2.56. The molecule has 1 heterocycles. The summed E-state index contributed by atoms with van der Waals surface area (Å²) in [6.07, 6.45) is 3.39. The second-order valence-electron chi connectivity index (χ2n) is 6.72. The van der Waals surface area contributed by atoms with E-state index in [1.807, 2.05) is 0 Å². The summed E-state index contributed by atoms with van der Waals surface area (Å²) in [6.45, 7) is 0.0932. The van der Waals surface area contributed by atoms with Gasteiger partial charge in [-0.3, -0.25) is 4.79 Å². The summed E-state index contributed by atoms with van der Waals surface area (Å²) in [4.78, 5) is 26.9. The topological polar surface area (TPSA) is 66.8 Å². The number of carbonyl (C=O) groups excluding carboxylic acids is 1. The molecule has 1 fully saturated rings. The molecular weight excluding hydrogens is 357 g/mol. The first kappa shape index (κ1) is 18.8. The number of hydrogen-bond acceptors (Lipinski definition) is 4. The van der Waals surface area contributed by atoms with Crippen LogP contribution in [0.1, 0.15) is 47.3 Å². The Balaban J connectivity index is 2.07. The number of carbonyl (C=O) groups is 2. The zero-order valence-electron chi connectivity index (χ0n) is 14.9. The summed E-state index contributed by atoms with van der Waals surface area (Å²) >= 11 is 1.18. The number of ether oxygens (including phenoxy) is 1. The normalized spacial score (nSPS) is 16.6. The molecule has 0 spiro atoms. The average Bonchev–Trinajstić information content (AvgIpc) is 3.01. The first-order valence-corrected chi connectivity index (χ1v) is 9.44. The van der Waals surface area contributed by atoms with Gasteiger partial charge in [0.2, 0.25) is 0 Å². The van der Waals surface area contributed by atoms with Crippen LogP contribution in [0, 0.1) is 5.82 Å². The molecule has 5 nitrogen and oxygen atoms in total. The second kappa shape index (κ2) is 7.32. The minimum Gasteiger partial charge on any atom is -0.479 e. The van der Waals surface area contributed by atoms with Crippen molar-refractivity contribution in [2.75, 3.05) is 14.2 Å². The zero-order chi connectivity index (χ0) is 18.9. The number of amides is 1. The number of halogens is 1. The van der Waals surface area contributed by atoms with Gasteiger partial charge >= 0.3 is 5.97 Å². The standard InChI is InChI=1S/C19H22FNO4S/c1-21(19(18(23)24)9-4-3-5-10-19)17(22)16-12(11-25-2)15-13(20)7-6-8-14(15)26-16/h6-8H,3-5,9-11H2,1-2H3,(H,23,24). The van der Waals surface area contributed by atoms with Crippen LogP contribution in [0.2, 0.25) is 0 Å². The SMILES string of the molecule is COCc1c(C(=O)N(C)C2(C(=O)O)CCCCC2)sc2cccc(F)c12. The Morgan fingerprint density at radius 3 is 2.62 bits per heavy atom. The lowest BCUT2D eigenvalue weighted by molar-refractivity contribution is -0.151. The van der Waals surface area contributed by atoms with Gasteiger partial charge in [0.15, 0.2) is 0 Å². The number of carboxylic acid groups (broad SMARTS) is 1. The first-order valence-electron chi connectivity index (χ1n) is 8.63. The van der Waals surface area contributed by atoms with Crippen LogP contribution in [0.5, 0.6) is 0 Å². The molecule has 7 heteroatoms. The minimum atomic E-state index is -1.20. The summed E-state index contributed by atoms with van der Waals surface area (Å²) in [5.41, 5.74) is -0.715. The molecule has 1 aliphatic carbocycles. The third kappa shape index (κ3) is 2.99. The van der Waals surface area contributed by atoms with E-state index < -0.39 is 17.3 Å². The van der Waals surface area contributed by atoms with Gasteiger partial charge < -0.3 is 14.7 Å². The predicted molar refractivity (Wildman–Crippen MR) is 98.0 cm³/mol. The van der Waals surface area contributed by atoms with Crippen LogP contribution in [0.25, 0.3) is 10.1 Å². The van der Waals surface area contributed by atoms with Gasteiger partial charge in [-0.05, 0) is 25.0 Å². The number of fused-ring (bicyclic) bond motifs is 1. The van der Waals surface area contributed by atoms with Crippen molar-refractivity contribution in [2.24, 2.45) is 0 Å². The fourth-order valence-electron chi connectivity index (χ4n) is 3.80. The molecule has 26 heavy (non-hydrogen) atoms. The Kier molecular flexibility index (Phi) is 5.29. The van der Waals surface area contributed by atoms with Crippen molar-refractivity contribution >= 4 is 33.3 Å². The van der Waals surface area contributed by atoms with E-state index >= 15 is 0 Å². The molecule has 1 N–H and O–H groups in total. The van der Waals surface area contributed by atoms with Gasteiger partial charge in [0.25, 0.3) is 5.91 Å². The molecule has 0 radical (unpaired) electrons. The average molecular weight is 379 g/mol. The van der Waals surface area contributed by atoms with Crippen LogP contribution in [0.15, 0.2) is 18.2 Å². The molecule has 1 amide bonds. The van der Waals surface area contributed by atoms with Gasteiger partial charge in [-0.15, -0.1) is 11.3 Å². The molecule has 1 aromatic heterocycles. The van der Waals surface area contributed by atoms with Crippen LogP contribution < -0.4 is 0 Å². The fraction of sp³-hybridized carbons (Fsp3) is 0.474. The molecule has 2 aromatic rings. The van der Waals surface area contributed by atoms with Crippen LogP contribution >= 0.6 is 11.3 Å². The molecule has 0 saturated heterocycles. The van der Waals surface area contributed by atoms with Crippen LogP contribution in [0.4, 0.5) is 4.39 Å². The molecular formula is C19H22FNO4S. The summed E-state index contributed by atoms with van der Waals surface area (Å²) in [5, 5.41) is 10.2. The maximum atomic E-state index is 14.3. The number of aliphatic carboxylic acids is 1. The molecule has 0 atom stereocenters. The number of carboxylic acids is 1. The van der Waals surface area contributed by atoms with Crippen LogP contribution in [-0.2, 0) is 16.1 Å². The number of methoxy groups -OCH3 is 1. The van der Waals surface area contributed by atoms with E-state index in [0.717, 1.165) is 19.3 Å². The van der Waals surface area contributed by atoms with E-state index in [1.165, 1.54) is 29.4 Å². The van der Waals surface area contributed by atoms with Gasteiger partial charge in [-0.25, -0.2) is 9.18 Å². The highest BCUT2D eigenvalue weighted by Crippen LogP contribution is 2.38. The minimum absolute atomic E-state index is 0.0932. The first-order chi connectivity index (χ1) is 12.4. The van der Waals surface area contributed by atoms with Gasteiger partial charge in [0.05, 0.1) is 11.5 Å². The van der Waals surface area contributed by atoms with Gasteiger partial charge in [-0.2, -0.15) is 0 Å². The van der Waals surface area contributed by atoms with E-state index in [0.29, 0.717) is 33.4 Å². The lowest BCUT2D eigenvalue weighted by atomic mass is 9.80. The Morgan fingerprint density at radius 1 is 1.31 bits per heavy atom. The summed E-state index contributed by atoms with van der Waals surface area (Å²) in [5.74, 6) is -1.77. The third-order valence-electron chi connectivity index (χ3n) is 5.27. The highest BCUT2D eigenvalue weighted by Gasteiger charge is 2.46. The van der Waals surface area contributed by atoms with E-state index in [4.69, 9.17) is 4.74 Å². The Hall–Kier alpha value is -1.99. The monoisotopic (exact) mass is 379 g/mol. The Bertz CT molecular complexity index is 841. The Morgan fingerprint density at radius 2 is 2.00 bits per heavy atom. The van der Waals surface area contributed by atoms with Crippen molar-refractivity contribution in [3.63, 3.8) is 0 Å². The Labute approximate surface area is 155 Å². The van der Waals surface area contributed by atoms with Crippen molar-refractivity contribution in [3.8, 4) is 0 Å². The zero-order valence-corrected chi connectivity index (χ0v) is 15.7. The predicted octanol–water partition coefficient (Wildman–Crippen LogP) is 4.05. The number of thiophene rings is 1. The highest BCUT2D eigenvalue weighted by atomic mass is 32.1. The number of rotatable bonds is 5. The van der Waals surface area contributed by atoms with E-state index in [-0.39, 0.29) is 12.5 Å². The number of nitrogens with zero attached hydrogens (tertiary/aromatic N) is 1. The summed E-state index contributed by atoms with van der Waals surface area (Å²) in [6, 6.07) is 4.71. The number of likely N-dealkylation sites (N-methyl/N-ethyl adjacent to an activating group) is 1. The molecule has 0 unspecified atom stereocenters. The lowest BCUT2D eigenvalue weighted by Gasteiger charge is -2.40. The van der Waals surface area contributed by atoms with Crippen LogP contribution in [0.3, 0.4) is 0 Å². The van der Waals surface area contributed by atoms with Gasteiger partial charge in [0, 0.05) is 29.8 Å². The third-order valence-corrected chi connectivity index (χ3v) is 6.46. The van der Waals surface area contributed by atoms with Crippen molar-refractivity contribution in [1.82, 2.24) is 4.90 Å². The van der Waals surface area contributed by atoms with Gasteiger partial charge in [0.1, 0.15) is 11.4 Å². The summed E-state index contributed by atoms with van der Waals surface area (Å²) in [7, 11) is 3.03. The van der Waals surface area contributed by atoms with Crippen molar-refractivity contribution in [1.29, 1.82) is 0 Å². The van der Waals surface area contributed by atoms with Crippen molar-refractivity contribution < 1.29 is 23.8 Å². The molecule has 0 bridgehead atoms. The second-order valence-corrected chi connectivity index (χ2v) is 7.77. The summed E-state index contributed by atoms with van der Waals surface area (Å²) < 4.78 is 20.2. The molecule has 0 aliphatic heterocycles. The maximum Gasteiger partial charge on any atom is 0.329 e. The highest BCUT2D eigenvalue weighted by molar-refractivity contribution is 7.21. The molecule has 140 valence electrons. The van der Waals surface area contributed by atoms with Crippen LogP contribution in [-0.4, -0.2) is 41.6 Å². The fourth-order valence-corrected chi connectivity index (χ4v) is 5.00. The molecule has 1 aliphatic rings. The number of benzene rings is 1. The van der Waals surface area contributed by atoms with E-state index in [1.54, 1.807) is 19.2 Å². The van der Waals surface area contributed by atoms with E-state index in [2.05, 4.69) is 0 Å². The quantitative estimate of drug-likeness (QED) is 0.851. The van der Waals surface area contributed by atoms with Crippen molar-refractivity contribution in [2.45, 2.75) is 44.2 Å². The largest absolute Gasteiger partial charge is 0.479 e. The van der Waals surface area contributed by atoms with Gasteiger partial charge in [-0.1, -0.05) is 25.3 Å². The smallest absolute Gasteiger partial charge is 0.329 e. The number of hydrogen-bond donors (Lipinski definition) is 1. The van der Waals surface area contributed by atoms with E-state index in [9.17, 15) is 19.1 Å². The maximum absolute atomic E-state index is 14.3. The molecule has 1 aromatic carbocycles. The molecule has 3 rings (SSSR count). The van der Waals surface area contributed by atoms with Crippen molar-refractivity contribution in [3.05, 3.63) is 34.5 Å².